The summed E-state index contributed by atoms with van der Waals surface area (Å²) in [6.07, 6.45) is 6.59. The lowest BCUT2D eigenvalue weighted by molar-refractivity contribution is -0.138. The predicted molar refractivity (Wildman–Crippen MR) is 92.7 cm³/mol. The van der Waals surface area contributed by atoms with Crippen LogP contribution in [0.5, 0.6) is 0 Å². The molecular weight excluding hydrogens is 337 g/mol. The number of amides is 1. The van der Waals surface area contributed by atoms with Gasteiger partial charge >= 0.3 is 0 Å². The van der Waals surface area contributed by atoms with Crippen LogP contribution in [0.4, 0.5) is 10.2 Å². The molecule has 0 radical (unpaired) electrons. The van der Waals surface area contributed by atoms with E-state index < -0.39 is 0 Å². The van der Waals surface area contributed by atoms with Gasteiger partial charge in [0, 0.05) is 38.7 Å². The van der Waals surface area contributed by atoms with E-state index in [1.807, 2.05) is 6.07 Å². The molecule has 0 spiro atoms. The highest BCUT2D eigenvalue weighted by Gasteiger charge is 2.33. The Labute approximate surface area is 151 Å². The van der Waals surface area contributed by atoms with Gasteiger partial charge in [0.05, 0.1) is 12.5 Å². The average molecular weight is 359 g/mol. The standard InChI is InChI=1S/C18H22FN5O2/c19-14-2-1-7-24(12-14)18(25)15(13-3-8-26-9-4-13)11-23-17-16(10-20)21-5-6-22-17/h2,5-6,13,15H,1,3-4,7-9,11-12H2,(H,22,23). The van der Waals surface area contributed by atoms with Crippen LogP contribution in [-0.2, 0) is 9.53 Å². The van der Waals surface area contributed by atoms with Crippen molar-refractivity contribution in [2.45, 2.75) is 19.3 Å². The molecule has 0 aliphatic carbocycles. The molecule has 3 rings (SSSR count). The highest BCUT2D eigenvalue weighted by Crippen LogP contribution is 2.27. The van der Waals surface area contributed by atoms with Crippen molar-refractivity contribution in [3.05, 3.63) is 30.0 Å². The molecule has 138 valence electrons. The van der Waals surface area contributed by atoms with E-state index in [-0.39, 0.29) is 35.8 Å². The highest BCUT2D eigenvalue weighted by atomic mass is 19.1. The minimum atomic E-state index is -0.321. The van der Waals surface area contributed by atoms with E-state index in [9.17, 15) is 9.18 Å². The lowest BCUT2D eigenvalue weighted by atomic mass is 9.84. The quantitative estimate of drug-likeness (QED) is 0.863. The van der Waals surface area contributed by atoms with Crippen LogP contribution in [-0.4, -0.2) is 53.6 Å². The first-order chi connectivity index (χ1) is 12.7. The van der Waals surface area contributed by atoms with Crippen LogP contribution in [0.25, 0.3) is 0 Å². The maximum Gasteiger partial charge on any atom is 0.228 e. The second kappa shape index (κ2) is 8.72. The van der Waals surface area contributed by atoms with Crippen LogP contribution in [0.3, 0.4) is 0 Å². The number of nitrogens with one attached hydrogen (secondary N) is 1. The summed E-state index contributed by atoms with van der Waals surface area (Å²) in [6.45, 7) is 2.14. The van der Waals surface area contributed by atoms with Gasteiger partial charge in [0.25, 0.3) is 0 Å². The van der Waals surface area contributed by atoms with E-state index in [4.69, 9.17) is 10.00 Å². The van der Waals surface area contributed by atoms with Crippen molar-refractivity contribution in [3.63, 3.8) is 0 Å². The number of ether oxygens (including phenoxy) is 1. The third kappa shape index (κ3) is 4.35. The predicted octanol–water partition coefficient (Wildman–Crippen LogP) is 1.89. The zero-order chi connectivity index (χ0) is 18.4. The van der Waals surface area contributed by atoms with E-state index in [1.54, 1.807) is 4.90 Å². The van der Waals surface area contributed by atoms with Crippen molar-refractivity contribution in [3.8, 4) is 6.07 Å². The molecule has 1 aromatic heterocycles. The Kier molecular flexibility index (Phi) is 6.12. The molecule has 1 amide bonds. The maximum absolute atomic E-state index is 13.6. The molecule has 26 heavy (non-hydrogen) atoms. The fraction of sp³-hybridized carbons (Fsp3) is 0.556. The SMILES string of the molecule is N#Cc1nccnc1NCC(C(=O)N1CCC=C(F)C1)C1CCOCC1. The van der Waals surface area contributed by atoms with Crippen LogP contribution >= 0.6 is 0 Å². The number of anilines is 1. The van der Waals surface area contributed by atoms with Crippen molar-refractivity contribution >= 4 is 11.7 Å². The van der Waals surface area contributed by atoms with Gasteiger partial charge in [0.15, 0.2) is 11.5 Å². The monoisotopic (exact) mass is 359 g/mol. The third-order valence-electron chi connectivity index (χ3n) is 4.86. The zero-order valence-electron chi connectivity index (χ0n) is 14.5. The van der Waals surface area contributed by atoms with E-state index in [0.29, 0.717) is 38.5 Å². The number of halogens is 1. The zero-order valence-corrected chi connectivity index (χ0v) is 14.5. The molecule has 1 fully saturated rings. The number of hydrogen-bond acceptors (Lipinski definition) is 6. The van der Waals surface area contributed by atoms with Gasteiger partial charge in [-0.1, -0.05) is 0 Å². The fourth-order valence-electron chi connectivity index (χ4n) is 3.46. The van der Waals surface area contributed by atoms with Gasteiger partial charge < -0.3 is 15.0 Å². The maximum atomic E-state index is 13.6. The molecule has 2 aliphatic rings. The first-order valence-corrected chi connectivity index (χ1v) is 8.85. The van der Waals surface area contributed by atoms with Crippen molar-refractivity contribution in [1.29, 1.82) is 5.26 Å². The van der Waals surface area contributed by atoms with Crippen LogP contribution in [0, 0.1) is 23.2 Å². The number of carbonyl (C=O) groups excluding carboxylic acids is 1. The van der Waals surface area contributed by atoms with Gasteiger partial charge in [-0.2, -0.15) is 5.26 Å². The topological polar surface area (TPSA) is 91.1 Å². The lowest BCUT2D eigenvalue weighted by Gasteiger charge is -2.34. The normalized spacial score (nSPS) is 19.4. The van der Waals surface area contributed by atoms with Gasteiger partial charge in [-0.15, -0.1) is 0 Å². The molecule has 0 saturated carbocycles. The second-order valence-corrected chi connectivity index (χ2v) is 6.50. The summed E-state index contributed by atoms with van der Waals surface area (Å²) in [5, 5.41) is 12.2. The van der Waals surface area contributed by atoms with Gasteiger partial charge in [-0.05, 0) is 31.3 Å². The number of nitrogens with zero attached hydrogens (tertiary/aromatic N) is 4. The van der Waals surface area contributed by atoms with Gasteiger partial charge in [0.1, 0.15) is 11.9 Å². The second-order valence-electron chi connectivity index (χ2n) is 6.50. The van der Waals surface area contributed by atoms with Crippen molar-refractivity contribution in [2.75, 3.05) is 38.2 Å². The molecule has 0 aromatic carbocycles. The fourth-order valence-corrected chi connectivity index (χ4v) is 3.46. The minimum absolute atomic E-state index is 0.0349. The molecule has 7 nitrogen and oxygen atoms in total. The molecule has 1 N–H and O–H groups in total. The smallest absolute Gasteiger partial charge is 0.228 e. The number of aromatic nitrogens is 2. The number of carbonyl (C=O) groups is 1. The number of nitriles is 1. The first-order valence-electron chi connectivity index (χ1n) is 8.85. The molecule has 0 bridgehead atoms. The molecule has 1 saturated heterocycles. The number of rotatable bonds is 5. The summed E-state index contributed by atoms with van der Waals surface area (Å²) >= 11 is 0. The Morgan fingerprint density at radius 1 is 1.42 bits per heavy atom. The lowest BCUT2D eigenvalue weighted by Crippen LogP contribution is -2.45. The summed E-state index contributed by atoms with van der Waals surface area (Å²) in [5.41, 5.74) is 0.192. The van der Waals surface area contributed by atoms with Crippen LogP contribution in [0.15, 0.2) is 24.3 Å². The van der Waals surface area contributed by atoms with Crippen LogP contribution < -0.4 is 5.32 Å². The van der Waals surface area contributed by atoms with E-state index >= 15 is 0 Å². The van der Waals surface area contributed by atoms with Crippen molar-refractivity contribution in [1.82, 2.24) is 14.9 Å². The summed E-state index contributed by atoms with van der Waals surface area (Å²) in [5.74, 6) is -0.123. The highest BCUT2D eigenvalue weighted by molar-refractivity contribution is 5.80. The Bertz CT molecular complexity index is 712. The molecule has 1 aromatic rings. The van der Waals surface area contributed by atoms with Crippen LogP contribution in [0.1, 0.15) is 25.0 Å². The molecule has 3 heterocycles. The minimum Gasteiger partial charge on any atom is -0.381 e. The molecule has 2 aliphatic heterocycles. The Balaban J connectivity index is 1.74. The van der Waals surface area contributed by atoms with Crippen LogP contribution in [0.2, 0.25) is 0 Å². The molecule has 1 atom stereocenters. The third-order valence-corrected chi connectivity index (χ3v) is 4.86. The number of hydrogen-bond donors (Lipinski definition) is 1. The van der Waals surface area contributed by atoms with Crippen molar-refractivity contribution < 1.29 is 13.9 Å². The summed E-state index contributed by atoms with van der Waals surface area (Å²) in [4.78, 5) is 22.8. The molecule has 1 unspecified atom stereocenters. The molecule has 8 heteroatoms. The summed E-state index contributed by atoms with van der Waals surface area (Å²) in [6, 6.07) is 1.99. The van der Waals surface area contributed by atoms with Gasteiger partial charge in [0.2, 0.25) is 5.91 Å². The van der Waals surface area contributed by atoms with Gasteiger partial charge in [-0.3, -0.25) is 4.79 Å². The largest absolute Gasteiger partial charge is 0.381 e. The average Bonchev–Trinajstić information content (AvgIpc) is 2.69. The van der Waals surface area contributed by atoms with E-state index in [1.165, 1.54) is 18.5 Å². The van der Waals surface area contributed by atoms with E-state index in [0.717, 1.165) is 12.8 Å². The molecular formula is C18H22FN5O2. The Hall–Kier alpha value is -2.53. The van der Waals surface area contributed by atoms with Gasteiger partial charge in [-0.25, -0.2) is 14.4 Å². The Morgan fingerprint density at radius 2 is 2.19 bits per heavy atom. The first kappa shape index (κ1) is 18.3. The van der Waals surface area contributed by atoms with E-state index in [2.05, 4.69) is 15.3 Å². The Morgan fingerprint density at radius 3 is 2.92 bits per heavy atom. The van der Waals surface area contributed by atoms with Crippen molar-refractivity contribution in [2.24, 2.45) is 11.8 Å². The summed E-state index contributed by atoms with van der Waals surface area (Å²) < 4.78 is 19.0. The summed E-state index contributed by atoms with van der Waals surface area (Å²) in [7, 11) is 0.